The van der Waals surface area contributed by atoms with Crippen LogP contribution in [0.1, 0.15) is 30.5 Å². The number of fused-ring (bicyclic) bond motifs is 1. The lowest BCUT2D eigenvalue weighted by Crippen LogP contribution is -2.33. The molecule has 0 saturated heterocycles. The molecular formula is C19H21N3S2. The first-order chi connectivity index (χ1) is 11.6. The van der Waals surface area contributed by atoms with E-state index >= 15 is 0 Å². The minimum atomic E-state index is 0.123. The molecule has 0 aliphatic carbocycles. The summed E-state index contributed by atoms with van der Waals surface area (Å²) in [5.41, 5.74) is 3.38. The van der Waals surface area contributed by atoms with Gasteiger partial charge < -0.3 is 10.2 Å². The Morgan fingerprint density at radius 3 is 2.58 bits per heavy atom. The molecule has 1 heterocycles. The fraction of sp³-hybridized carbons (Fsp3) is 0.263. The highest BCUT2D eigenvalue weighted by Gasteiger charge is 2.18. The molecule has 3 rings (SSSR count). The van der Waals surface area contributed by atoms with Gasteiger partial charge in [-0.1, -0.05) is 31.2 Å². The zero-order chi connectivity index (χ0) is 17.1. The van der Waals surface area contributed by atoms with Gasteiger partial charge >= 0.3 is 0 Å². The van der Waals surface area contributed by atoms with E-state index < -0.39 is 0 Å². The van der Waals surface area contributed by atoms with Gasteiger partial charge in [-0.15, -0.1) is 11.3 Å². The highest BCUT2D eigenvalue weighted by atomic mass is 32.1. The molecule has 0 spiro atoms. The van der Waals surface area contributed by atoms with E-state index in [2.05, 4.69) is 54.4 Å². The molecule has 3 nitrogen and oxygen atoms in total. The Morgan fingerprint density at radius 1 is 1.21 bits per heavy atom. The van der Waals surface area contributed by atoms with Crippen LogP contribution in [0.15, 0.2) is 48.5 Å². The Kier molecular flexibility index (Phi) is 5.11. The second-order valence-electron chi connectivity index (χ2n) is 5.79. The molecule has 0 amide bonds. The summed E-state index contributed by atoms with van der Waals surface area (Å²) in [4.78, 5) is 6.79. The summed E-state index contributed by atoms with van der Waals surface area (Å²) in [5, 5.41) is 5.08. The van der Waals surface area contributed by atoms with Crippen molar-refractivity contribution in [2.45, 2.75) is 26.3 Å². The van der Waals surface area contributed by atoms with Crippen molar-refractivity contribution in [2.24, 2.45) is 0 Å². The fourth-order valence-corrected chi connectivity index (χ4v) is 3.78. The standard InChI is InChI=1S/C19H21N3S2/c1-4-14-9-11-15(12-10-14)20-19(23)22(3)13(2)18-21-16-7-5-6-8-17(16)24-18/h5-13H,4H2,1-3H3,(H,20,23)/t13-/m0/s1. The van der Waals surface area contributed by atoms with Crippen molar-refractivity contribution in [3.05, 3.63) is 59.1 Å². The van der Waals surface area contributed by atoms with E-state index in [1.54, 1.807) is 11.3 Å². The number of thiazole rings is 1. The Labute approximate surface area is 152 Å². The summed E-state index contributed by atoms with van der Waals surface area (Å²) in [5.74, 6) is 0. The van der Waals surface area contributed by atoms with Crippen LogP contribution in [-0.4, -0.2) is 22.0 Å². The maximum Gasteiger partial charge on any atom is 0.173 e. The summed E-state index contributed by atoms with van der Waals surface area (Å²) in [6, 6.07) is 16.7. The molecule has 2 aromatic carbocycles. The third-order valence-corrected chi connectivity index (χ3v) is 5.78. The zero-order valence-electron chi connectivity index (χ0n) is 14.1. The average molecular weight is 356 g/mol. The Morgan fingerprint density at radius 2 is 1.92 bits per heavy atom. The minimum absolute atomic E-state index is 0.123. The molecule has 1 aromatic heterocycles. The van der Waals surface area contributed by atoms with Crippen molar-refractivity contribution >= 4 is 44.6 Å². The van der Waals surface area contributed by atoms with Crippen LogP contribution in [0.25, 0.3) is 10.2 Å². The predicted molar refractivity (Wildman–Crippen MR) is 108 cm³/mol. The first kappa shape index (κ1) is 16.9. The molecule has 0 radical (unpaired) electrons. The smallest absolute Gasteiger partial charge is 0.173 e. The van der Waals surface area contributed by atoms with Gasteiger partial charge in [-0.25, -0.2) is 4.98 Å². The quantitative estimate of drug-likeness (QED) is 0.647. The molecule has 5 heteroatoms. The number of anilines is 1. The van der Waals surface area contributed by atoms with Crippen LogP contribution < -0.4 is 5.32 Å². The number of para-hydroxylation sites is 1. The molecule has 1 N–H and O–H groups in total. The van der Waals surface area contributed by atoms with E-state index in [1.165, 1.54) is 10.3 Å². The normalized spacial score (nSPS) is 12.1. The third kappa shape index (κ3) is 3.57. The molecule has 0 bridgehead atoms. The van der Waals surface area contributed by atoms with Gasteiger partial charge in [0.05, 0.1) is 16.3 Å². The number of hydrogen-bond donors (Lipinski definition) is 1. The fourth-order valence-electron chi connectivity index (χ4n) is 2.45. The Hall–Kier alpha value is -1.98. The van der Waals surface area contributed by atoms with Crippen LogP contribution in [0.4, 0.5) is 5.69 Å². The van der Waals surface area contributed by atoms with Crippen LogP contribution in [0.2, 0.25) is 0 Å². The molecule has 0 aliphatic rings. The Balaban J connectivity index is 1.71. The number of aromatic nitrogens is 1. The van der Waals surface area contributed by atoms with E-state index in [9.17, 15) is 0 Å². The number of benzene rings is 2. The highest BCUT2D eigenvalue weighted by molar-refractivity contribution is 7.80. The summed E-state index contributed by atoms with van der Waals surface area (Å²) in [6.07, 6.45) is 1.04. The first-order valence-electron chi connectivity index (χ1n) is 8.06. The molecule has 24 heavy (non-hydrogen) atoms. The zero-order valence-corrected chi connectivity index (χ0v) is 15.7. The van der Waals surface area contributed by atoms with Crippen LogP contribution in [0, 0.1) is 0 Å². The van der Waals surface area contributed by atoms with Crippen molar-refractivity contribution in [3.8, 4) is 0 Å². The lowest BCUT2D eigenvalue weighted by atomic mass is 10.1. The molecule has 3 aromatic rings. The summed E-state index contributed by atoms with van der Waals surface area (Å²) >= 11 is 7.29. The summed E-state index contributed by atoms with van der Waals surface area (Å²) in [6.45, 7) is 4.28. The van der Waals surface area contributed by atoms with Crippen molar-refractivity contribution in [3.63, 3.8) is 0 Å². The van der Waals surface area contributed by atoms with Gasteiger partial charge in [-0.2, -0.15) is 0 Å². The van der Waals surface area contributed by atoms with Crippen molar-refractivity contribution in [2.75, 3.05) is 12.4 Å². The topological polar surface area (TPSA) is 28.2 Å². The Bertz CT molecular complexity index is 806. The van der Waals surface area contributed by atoms with Gasteiger partial charge in [0.2, 0.25) is 0 Å². The molecule has 0 saturated carbocycles. The van der Waals surface area contributed by atoms with Gasteiger partial charge in [0.15, 0.2) is 5.11 Å². The number of hydrogen-bond acceptors (Lipinski definition) is 3. The van der Waals surface area contributed by atoms with Crippen molar-refractivity contribution < 1.29 is 0 Å². The van der Waals surface area contributed by atoms with E-state index in [4.69, 9.17) is 17.2 Å². The van der Waals surface area contributed by atoms with Crippen LogP contribution in [0.3, 0.4) is 0 Å². The highest BCUT2D eigenvalue weighted by Crippen LogP contribution is 2.29. The van der Waals surface area contributed by atoms with Crippen LogP contribution >= 0.6 is 23.6 Å². The first-order valence-corrected chi connectivity index (χ1v) is 9.29. The number of thiocarbonyl (C=S) groups is 1. The maximum absolute atomic E-state index is 5.57. The number of aryl methyl sites for hydroxylation is 1. The average Bonchev–Trinajstić information content (AvgIpc) is 3.05. The van der Waals surface area contributed by atoms with Crippen molar-refractivity contribution in [1.29, 1.82) is 0 Å². The molecule has 0 fully saturated rings. The monoisotopic (exact) mass is 355 g/mol. The lowest BCUT2D eigenvalue weighted by molar-refractivity contribution is 0.407. The number of rotatable bonds is 4. The third-order valence-electron chi connectivity index (χ3n) is 4.18. The molecule has 0 unspecified atom stereocenters. The van der Waals surface area contributed by atoms with Gasteiger partial charge in [-0.3, -0.25) is 0 Å². The van der Waals surface area contributed by atoms with E-state index in [0.29, 0.717) is 5.11 Å². The predicted octanol–water partition coefficient (Wildman–Crippen LogP) is 5.25. The summed E-state index contributed by atoms with van der Waals surface area (Å²) < 4.78 is 1.21. The SMILES string of the molecule is CCc1ccc(NC(=S)N(C)[C@@H](C)c2nc3ccccc3s2)cc1. The minimum Gasteiger partial charge on any atom is -0.343 e. The van der Waals surface area contributed by atoms with E-state index in [1.807, 2.05) is 25.2 Å². The van der Waals surface area contributed by atoms with E-state index in [-0.39, 0.29) is 6.04 Å². The van der Waals surface area contributed by atoms with Gasteiger partial charge in [-0.05, 0) is 55.4 Å². The second kappa shape index (κ2) is 7.28. The maximum atomic E-state index is 5.57. The molecular weight excluding hydrogens is 334 g/mol. The molecule has 0 aliphatic heterocycles. The lowest BCUT2D eigenvalue weighted by Gasteiger charge is -2.26. The van der Waals surface area contributed by atoms with Gasteiger partial charge in [0.1, 0.15) is 5.01 Å². The second-order valence-corrected chi connectivity index (χ2v) is 7.24. The van der Waals surface area contributed by atoms with Crippen molar-refractivity contribution in [1.82, 2.24) is 9.88 Å². The van der Waals surface area contributed by atoms with Gasteiger partial charge in [0, 0.05) is 12.7 Å². The number of nitrogens with one attached hydrogen (secondary N) is 1. The largest absolute Gasteiger partial charge is 0.343 e. The van der Waals surface area contributed by atoms with Crippen LogP contribution in [0.5, 0.6) is 0 Å². The van der Waals surface area contributed by atoms with E-state index in [0.717, 1.165) is 22.6 Å². The summed E-state index contributed by atoms with van der Waals surface area (Å²) in [7, 11) is 2.01. The molecule has 1 atom stereocenters. The van der Waals surface area contributed by atoms with Gasteiger partial charge in [0.25, 0.3) is 0 Å². The van der Waals surface area contributed by atoms with Crippen LogP contribution in [-0.2, 0) is 6.42 Å². The molecule has 124 valence electrons. The number of nitrogens with zero attached hydrogens (tertiary/aromatic N) is 2.